The van der Waals surface area contributed by atoms with Crippen LogP contribution in [0.1, 0.15) is 41.9 Å². The lowest BCUT2D eigenvalue weighted by molar-refractivity contribution is -0.137. The molecule has 0 saturated heterocycles. The van der Waals surface area contributed by atoms with Crippen molar-refractivity contribution in [2.75, 3.05) is 14.1 Å². The fourth-order valence-corrected chi connectivity index (χ4v) is 2.52. The molecule has 1 saturated carbocycles. The molecule has 24 heavy (non-hydrogen) atoms. The first-order valence-electron chi connectivity index (χ1n) is 8.05. The van der Waals surface area contributed by atoms with Gasteiger partial charge in [-0.2, -0.15) is 5.10 Å². The van der Waals surface area contributed by atoms with Crippen LogP contribution < -0.4 is 0 Å². The molecule has 1 aliphatic carbocycles. The molecule has 0 bridgehead atoms. The maximum absolute atomic E-state index is 12.6. The lowest BCUT2D eigenvalue weighted by Gasteiger charge is -2.17. The summed E-state index contributed by atoms with van der Waals surface area (Å²) in [5.74, 6) is -0.375. The van der Waals surface area contributed by atoms with Gasteiger partial charge in [-0.3, -0.25) is 4.79 Å². The van der Waals surface area contributed by atoms with Crippen molar-refractivity contribution in [3.8, 4) is 5.69 Å². The van der Waals surface area contributed by atoms with Crippen LogP contribution in [0.2, 0.25) is 0 Å². The lowest BCUT2D eigenvalue weighted by atomic mass is 10.2. The number of carbonyl (C=O) groups excluding carboxylic acids is 2. The van der Waals surface area contributed by atoms with Crippen LogP contribution in [-0.4, -0.2) is 46.8 Å². The molecule has 0 spiro atoms. The molecule has 0 unspecified atom stereocenters. The minimum atomic E-state index is -0.837. The number of hydrogen-bond donors (Lipinski definition) is 0. The number of rotatable bonds is 5. The SMILES string of the molecule is C[C@H](OC(=O)c1cc(C2CC2)nn1-c1ccccc1)C(=O)N(C)C. The number of amides is 1. The first-order chi connectivity index (χ1) is 11.5. The van der Waals surface area contributed by atoms with Gasteiger partial charge < -0.3 is 9.64 Å². The van der Waals surface area contributed by atoms with Crippen molar-refractivity contribution in [1.82, 2.24) is 14.7 Å². The topological polar surface area (TPSA) is 64.4 Å². The Balaban J connectivity index is 1.89. The molecule has 6 heteroatoms. The number of ether oxygens (including phenoxy) is 1. The Labute approximate surface area is 141 Å². The second-order valence-corrected chi connectivity index (χ2v) is 6.26. The van der Waals surface area contributed by atoms with Gasteiger partial charge in [0.1, 0.15) is 0 Å². The van der Waals surface area contributed by atoms with Crippen LogP contribution in [-0.2, 0) is 9.53 Å². The highest BCUT2D eigenvalue weighted by molar-refractivity contribution is 5.91. The van der Waals surface area contributed by atoms with Crippen LogP contribution in [0.4, 0.5) is 0 Å². The van der Waals surface area contributed by atoms with Gasteiger partial charge in [0, 0.05) is 20.0 Å². The number of esters is 1. The van der Waals surface area contributed by atoms with Crippen LogP contribution in [0.3, 0.4) is 0 Å². The summed E-state index contributed by atoms with van der Waals surface area (Å²) < 4.78 is 6.94. The fourth-order valence-electron chi connectivity index (χ4n) is 2.52. The number of likely N-dealkylation sites (N-methyl/N-ethyl adjacent to an activating group) is 1. The molecule has 3 rings (SSSR count). The highest BCUT2D eigenvalue weighted by Gasteiger charge is 2.30. The van der Waals surface area contributed by atoms with Gasteiger partial charge in [0.2, 0.25) is 0 Å². The van der Waals surface area contributed by atoms with Gasteiger partial charge in [0.25, 0.3) is 5.91 Å². The molecule has 1 aromatic carbocycles. The summed E-state index contributed by atoms with van der Waals surface area (Å²) >= 11 is 0. The minimum Gasteiger partial charge on any atom is -0.448 e. The second kappa shape index (κ2) is 6.47. The Morgan fingerprint density at radius 1 is 1.25 bits per heavy atom. The summed E-state index contributed by atoms with van der Waals surface area (Å²) in [5, 5.41) is 4.57. The molecule has 1 atom stereocenters. The van der Waals surface area contributed by atoms with Crippen molar-refractivity contribution in [2.24, 2.45) is 0 Å². The molecule has 0 N–H and O–H groups in total. The Morgan fingerprint density at radius 3 is 2.50 bits per heavy atom. The molecule has 1 heterocycles. The van der Waals surface area contributed by atoms with Gasteiger partial charge in [-0.1, -0.05) is 18.2 Å². The third-order valence-corrected chi connectivity index (χ3v) is 4.01. The molecule has 2 aromatic rings. The number of hydrogen-bond acceptors (Lipinski definition) is 4. The van der Waals surface area contributed by atoms with Crippen LogP contribution in [0.15, 0.2) is 36.4 Å². The van der Waals surface area contributed by atoms with Crippen molar-refractivity contribution < 1.29 is 14.3 Å². The Morgan fingerprint density at radius 2 is 1.92 bits per heavy atom. The van der Waals surface area contributed by atoms with E-state index in [2.05, 4.69) is 5.10 Å². The molecule has 1 aromatic heterocycles. The normalized spacial score (nSPS) is 15.0. The molecule has 1 aliphatic rings. The molecule has 0 radical (unpaired) electrons. The van der Waals surface area contributed by atoms with Gasteiger partial charge in [-0.05, 0) is 38.0 Å². The van der Waals surface area contributed by atoms with E-state index < -0.39 is 12.1 Å². The van der Waals surface area contributed by atoms with Crippen LogP contribution in [0.25, 0.3) is 5.69 Å². The van der Waals surface area contributed by atoms with Crippen LogP contribution >= 0.6 is 0 Å². The second-order valence-electron chi connectivity index (χ2n) is 6.26. The van der Waals surface area contributed by atoms with Crippen molar-refractivity contribution in [1.29, 1.82) is 0 Å². The molecule has 0 aliphatic heterocycles. The maximum atomic E-state index is 12.6. The number of para-hydroxylation sites is 1. The third kappa shape index (κ3) is 3.32. The summed E-state index contributed by atoms with van der Waals surface area (Å²) in [6, 6.07) is 11.2. The monoisotopic (exact) mass is 327 g/mol. The van der Waals surface area contributed by atoms with Crippen LogP contribution in [0.5, 0.6) is 0 Å². The molecule has 1 fully saturated rings. The largest absolute Gasteiger partial charge is 0.448 e. The quantitative estimate of drug-likeness (QED) is 0.791. The molecular formula is C18H21N3O3. The fraction of sp³-hybridized carbons (Fsp3) is 0.389. The molecule has 6 nitrogen and oxygen atoms in total. The third-order valence-electron chi connectivity index (χ3n) is 4.01. The van der Waals surface area contributed by atoms with Gasteiger partial charge in [0.15, 0.2) is 11.8 Å². The van der Waals surface area contributed by atoms with Gasteiger partial charge in [-0.25, -0.2) is 9.48 Å². The van der Waals surface area contributed by atoms with E-state index in [1.807, 2.05) is 30.3 Å². The number of carbonyl (C=O) groups is 2. The molecular weight excluding hydrogens is 306 g/mol. The first kappa shape index (κ1) is 16.2. The summed E-state index contributed by atoms with van der Waals surface area (Å²) in [5.41, 5.74) is 2.04. The predicted molar refractivity (Wildman–Crippen MR) is 89.1 cm³/mol. The lowest BCUT2D eigenvalue weighted by Crippen LogP contribution is -2.35. The highest BCUT2D eigenvalue weighted by Crippen LogP contribution is 2.39. The zero-order valence-corrected chi connectivity index (χ0v) is 14.1. The summed E-state index contributed by atoms with van der Waals surface area (Å²) in [6.45, 7) is 1.57. The van der Waals surface area contributed by atoms with E-state index in [9.17, 15) is 9.59 Å². The Kier molecular flexibility index (Phi) is 4.38. The molecule has 126 valence electrons. The zero-order chi connectivity index (χ0) is 17.3. The van der Waals surface area contributed by atoms with Gasteiger partial charge in [-0.15, -0.1) is 0 Å². The summed E-state index contributed by atoms with van der Waals surface area (Å²) in [6.07, 6.45) is 1.35. The Bertz CT molecular complexity index is 748. The van der Waals surface area contributed by atoms with Crippen LogP contribution in [0, 0.1) is 0 Å². The van der Waals surface area contributed by atoms with Gasteiger partial charge >= 0.3 is 5.97 Å². The average molecular weight is 327 g/mol. The number of nitrogens with zero attached hydrogens (tertiary/aromatic N) is 3. The standard InChI is InChI=1S/C18H21N3O3/c1-12(17(22)20(2)3)24-18(23)16-11-15(13-9-10-13)19-21(16)14-7-5-4-6-8-14/h4-8,11-13H,9-10H2,1-3H3/t12-/m0/s1. The van der Waals surface area contributed by atoms with Crippen molar-refractivity contribution in [2.45, 2.75) is 31.8 Å². The van der Waals surface area contributed by atoms with E-state index in [-0.39, 0.29) is 5.91 Å². The minimum absolute atomic E-state index is 0.253. The summed E-state index contributed by atoms with van der Waals surface area (Å²) in [7, 11) is 3.26. The van der Waals surface area contributed by atoms with Crippen molar-refractivity contribution in [3.63, 3.8) is 0 Å². The van der Waals surface area contributed by atoms with E-state index in [1.165, 1.54) is 4.90 Å². The van der Waals surface area contributed by atoms with E-state index in [0.717, 1.165) is 24.2 Å². The van der Waals surface area contributed by atoms with E-state index in [0.29, 0.717) is 11.6 Å². The molecule has 1 amide bonds. The van der Waals surface area contributed by atoms with Crippen molar-refractivity contribution in [3.05, 3.63) is 47.8 Å². The van der Waals surface area contributed by atoms with E-state index >= 15 is 0 Å². The van der Waals surface area contributed by atoms with Crippen molar-refractivity contribution >= 4 is 11.9 Å². The van der Waals surface area contributed by atoms with E-state index in [4.69, 9.17) is 4.74 Å². The Hall–Kier alpha value is -2.63. The zero-order valence-electron chi connectivity index (χ0n) is 14.1. The van der Waals surface area contributed by atoms with E-state index in [1.54, 1.807) is 31.8 Å². The average Bonchev–Trinajstić information content (AvgIpc) is 3.33. The first-order valence-corrected chi connectivity index (χ1v) is 8.05. The highest BCUT2D eigenvalue weighted by atomic mass is 16.5. The summed E-state index contributed by atoms with van der Waals surface area (Å²) in [4.78, 5) is 25.9. The van der Waals surface area contributed by atoms with Gasteiger partial charge in [0.05, 0.1) is 11.4 Å². The number of aromatic nitrogens is 2. The predicted octanol–water partition coefficient (Wildman–Crippen LogP) is 2.38. The smallest absolute Gasteiger partial charge is 0.357 e. The number of benzene rings is 1. The maximum Gasteiger partial charge on any atom is 0.357 e.